The molecule has 6 nitrogen and oxygen atoms in total. The predicted octanol–water partition coefficient (Wildman–Crippen LogP) is 4.95. The minimum absolute atomic E-state index is 0.166. The van der Waals surface area contributed by atoms with Crippen LogP contribution in [0.25, 0.3) is 10.9 Å². The molecule has 0 saturated heterocycles. The molecule has 0 unspecified atom stereocenters. The van der Waals surface area contributed by atoms with Gasteiger partial charge in [-0.3, -0.25) is 14.2 Å². The van der Waals surface area contributed by atoms with Gasteiger partial charge in [-0.05, 0) is 61.4 Å². The standard InChI is InChI=1S/C27H26FN3O3S/c1-17(20-10-12-21(28)13-11-20)29-25(32)18(2)35-27-30-24-7-5-4-6-23(24)26(33)31(27)16-19-8-14-22(34-3)15-9-19/h4-15,17-18H,16H2,1-3H3,(H,29,32)/t17-,18+/m0/s1. The van der Waals surface area contributed by atoms with E-state index in [0.717, 1.165) is 16.9 Å². The van der Waals surface area contributed by atoms with Gasteiger partial charge in [-0.2, -0.15) is 0 Å². The molecule has 0 aliphatic rings. The number of rotatable bonds is 8. The van der Waals surface area contributed by atoms with Crippen molar-refractivity contribution in [3.63, 3.8) is 0 Å². The minimum Gasteiger partial charge on any atom is -0.497 e. The molecule has 1 heterocycles. The number of ether oxygens (including phenoxy) is 1. The Morgan fingerprint density at radius 1 is 1.06 bits per heavy atom. The van der Waals surface area contributed by atoms with Crippen molar-refractivity contribution < 1.29 is 13.9 Å². The van der Waals surface area contributed by atoms with E-state index in [-0.39, 0.29) is 23.3 Å². The van der Waals surface area contributed by atoms with Crippen molar-refractivity contribution in [2.45, 2.75) is 36.8 Å². The number of benzene rings is 3. The topological polar surface area (TPSA) is 73.2 Å². The highest BCUT2D eigenvalue weighted by atomic mass is 32.2. The van der Waals surface area contributed by atoms with E-state index in [1.54, 1.807) is 42.9 Å². The first-order valence-electron chi connectivity index (χ1n) is 11.2. The molecule has 2 atom stereocenters. The van der Waals surface area contributed by atoms with Crippen LogP contribution in [0.4, 0.5) is 4.39 Å². The molecule has 180 valence electrons. The Kier molecular flexibility index (Phi) is 7.51. The zero-order chi connectivity index (χ0) is 24.9. The lowest BCUT2D eigenvalue weighted by atomic mass is 10.1. The fourth-order valence-electron chi connectivity index (χ4n) is 3.67. The number of hydrogen-bond donors (Lipinski definition) is 1. The number of fused-ring (bicyclic) bond motifs is 1. The van der Waals surface area contributed by atoms with Crippen LogP contribution in [0, 0.1) is 5.82 Å². The number of carbonyl (C=O) groups is 1. The van der Waals surface area contributed by atoms with Crippen molar-refractivity contribution in [1.82, 2.24) is 14.9 Å². The van der Waals surface area contributed by atoms with Gasteiger partial charge in [0.15, 0.2) is 5.16 Å². The lowest BCUT2D eigenvalue weighted by molar-refractivity contribution is -0.120. The van der Waals surface area contributed by atoms with Crippen molar-refractivity contribution >= 4 is 28.6 Å². The smallest absolute Gasteiger partial charge is 0.262 e. The molecule has 1 amide bonds. The number of thioether (sulfide) groups is 1. The molecule has 0 fully saturated rings. The molecule has 3 aromatic carbocycles. The van der Waals surface area contributed by atoms with Crippen molar-refractivity contribution in [3.8, 4) is 5.75 Å². The van der Waals surface area contributed by atoms with Crippen LogP contribution in [0.2, 0.25) is 0 Å². The number of aromatic nitrogens is 2. The summed E-state index contributed by atoms with van der Waals surface area (Å²) in [5, 5.41) is 3.42. The van der Waals surface area contributed by atoms with Gasteiger partial charge in [0.2, 0.25) is 5.91 Å². The number of nitrogens with zero attached hydrogens (tertiary/aromatic N) is 2. The Bertz CT molecular complexity index is 1390. The molecular formula is C27H26FN3O3S. The van der Waals surface area contributed by atoms with Gasteiger partial charge in [-0.1, -0.05) is 48.2 Å². The average Bonchev–Trinajstić information content (AvgIpc) is 2.87. The summed E-state index contributed by atoms with van der Waals surface area (Å²) < 4.78 is 20.1. The first kappa shape index (κ1) is 24.5. The summed E-state index contributed by atoms with van der Waals surface area (Å²) >= 11 is 1.23. The molecule has 8 heteroatoms. The second-order valence-electron chi connectivity index (χ2n) is 8.19. The second kappa shape index (κ2) is 10.7. The Labute approximate surface area is 207 Å². The van der Waals surface area contributed by atoms with Gasteiger partial charge >= 0.3 is 0 Å². The highest BCUT2D eigenvalue weighted by molar-refractivity contribution is 8.00. The number of hydrogen-bond acceptors (Lipinski definition) is 5. The van der Waals surface area contributed by atoms with E-state index < -0.39 is 5.25 Å². The fourth-order valence-corrected chi connectivity index (χ4v) is 4.58. The molecule has 0 bridgehead atoms. The molecule has 0 radical (unpaired) electrons. The maximum absolute atomic E-state index is 13.4. The van der Waals surface area contributed by atoms with E-state index in [9.17, 15) is 14.0 Å². The van der Waals surface area contributed by atoms with E-state index in [0.29, 0.717) is 22.6 Å². The molecule has 1 N–H and O–H groups in total. The van der Waals surface area contributed by atoms with Gasteiger partial charge in [-0.25, -0.2) is 9.37 Å². The summed E-state index contributed by atoms with van der Waals surface area (Å²) in [6.07, 6.45) is 0. The Balaban J connectivity index is 1.60. The van der Waals surface area contributed by atoms with E-state index >= 15 is 0 Å². The largest absolute Gasteiger partial charge is 0.497 e. The highest BCUT2D eigenvalue weighted by Crippen LogP contribution is 2.25. The maximum Gasteiger partial charge on any atom is 0.262 e. The first-order valence-corrected chi connectivity index (χ1v) is 12.1. The van der Waals surface area contributed by atoms with Gasteiger partial charge in [-0.15, -0.1) is 0 Å². The molecule has 1 aromatic heterocycles. The van der Waals surface area contributed by atoms with Crippen molar-refractivity contribution in [2.75, 3.05) is 7.11 Å². The number of carbonyl (C=O) groups excluding carboxylic acids is 1. The third-order valence-electron chi connectivity index (χ3n) is 5.71. The average molecular weight is 492 g/mol. The van der Waals surface area contributed by atoms with Crippen LogP contribution in [-0.2, 0) is 11.3 Å². The first-order chi connectivity index (χ1) is 16.9. The number of para-hydroxylation sites is 1. The molecule has 4 rings (SSSR count). The van der Waals surface area contributed by atoms with Crippen LogP contribution < -0.4 is 15.6 Å². The molecule has 0 aliphatic heterocycles. The Hall–Kier alpha value is -3.65. The SMILES string of the molecule is COc1ccc(Cn2c(S[C@H](C)C(=O)N[C@@H](C)c3ccc(F)cc3)nc3ccccc3c2=O)cc1. The normalized spacial score (nSPS) is 12.8. The van der Waals surface area contributed by atoms with Crippen LogP contribution in [-0.4, -0.2) is 27.8 Å². The number of methoxy groups -OCH3 is 1. The van der Waals surface area contributed by atoms with Gasteiger partial charge in [0.25, 0.3) is 5.56 Å². The molecule has 0 spiro atoms. The van der Waals surface area contributed by atoms with Crippen molar-refractivity contribution in [3.05, 3.63) is 100 Å². The summed E-state index contributed by atoms with van der Waals surface area (Å²) in [5.41, 5.74) is 2.13. The van der Waals surface area contributed by atoms with Crippen LogP contribution in [0.15, 0.2) is 82.7 Å². The van der Waals surface area contributed by atoms with Gasteiger partial charge in [0.05, 0.1) is 35.8 Å². The fraction of sp³-hybridized carbons (Fsp3) is 0.222. The van der Waals surface area contributed by atoms with Gasteiger partial charge < -0.3 is 10.1 Å². The predicted molar refractivity (Wildman–Crippen MR) is 136 cm³/mol. The van der Waals surface area contributed by atoms with Crippen LogP contribution in [0.3, 0.4) is 0 Å². The van der Waals surface area contributed by atoms with E-state index in [2.05, 4.69) is 5.32 Å². The van der Waals surface area contributed by atoms with Gasteiger partial charge in [0.1, 0.15) is 11.6 Å². The number of amides is 1. The van der Waals surface area contributed by atoms with Gasteiger partial charge in [0, 0.05) is 0 Å². The molecular weight excluding hydrogens is 465 g/mol. The van der Waals surface area contributed by atoms with E-state index in [1.807, 2.05) is 43.3 Å². The summed E-state index contributed by atoms with van der Waals surface area (Å²) in [6.45, 7) is 3.93. The summed E-state index contributed by atoms with van der Waals surface area (Å²) in [6, 6.07) is 20.4. The summed E-state index contributed by atoms with van der Waals surface area (Å²) in [4.78, 5) is 31.0. The van der Waals surface area contributed by atoms with Crippen LogP contribution in [0.1, 0.15) is 31.0 Å². The second-order valence-corrected chi connectivity index (χ2v) is 9.50. The Morgan fingerprint density at radius 2 is 1.74 bits per heavy atom. The van der Waals surface area contributed by atoms with E-state index in [1.165, 1.54) is 23.9 Å². The Morgan fingerprint density at radius 3 is 2.43 bits per heavy atom. The molecule has 4 aromatic rings. The number of halogens is 1. The third-order valence-corrected chi connectivity index (χ3v) is 6.80. The monoisotopic (exact) mass is 491 g/mol. The number of nitrogens with one attached hydrogen (secondary N) is 1. The zero-order valence-electron chi connectivity index (χ0n) is 19.7. The lowest BCUT2D eigenvalue weighted by Crippen LogP contribution is -2.34. The lowest BCUT2D eigenvalue weighted by Gasteiger charge is -2.19. The quantitative estimate of drug-likeness (QED) is 0.279. The minimum atomic E-state index is -0.520. The van der Waals surface area contributed by atoms with Crippen molar-refractivity contribution in [2.24, 2.45) is 0 Å². The zero-order valence-corrected chi connectivity index (χ0v) is 20.5. The van der Waals surface area contributed by atoms with Crippen LogP contribution >= 0.6 is 11.8 Å². The summed E-state index contributed by atoms with van der Waals surface area (Å²) in [7, 11) is 1.60. The van der Waals surface area contributed by atoms with Crippen LogP contribution in [0.5, 0.6) is 5.75 Å². The van der Waals surface area contributed by atoms with E-state index in [4.69, 9.17) is 9.72 Å². The third kappa shape index (κ3) is 5.71. The highest BCUT2D eigenvalue weighted by Gasteiger charge is 2.21. The molecule has 0 aliphatic carbocycles. The van der Waals surface area contributed by atoms with Crippen molar-refractivity contribution in [1.29, 1.82) is 0 Å². The molecule has 0 saturated carbocycles. The maximum atomic E-state index is 13.4. The summed E-state index contributed by atoms with van der Waals surface area (Å²) in [5.74, 6) is 0.200. The molecule has 35 heavy (non-hydrogen) atoms.